The summed E-state index contributed by atoms with van der Waals surface area (Å²) in [6, 6.07) is 8.96. The van der Waals surface area contributed by atoms with Gasteiger partial charge in [-0.25, -0.2) is 0 Å². The van der Waals surface area contributed by atoms with Gasteiger partial charge in [0.2, 0.25) is 5.91 Å². The van der Waals surface area contributed by atoms with Gasteiger partial charge in [0.05, 0.1) is 0 Å². The normalized spacial score (nSPS) is 18.9. The minimum atomic E-state index is 0.153. The summed E-state index contributed by atoms with van der Waals surface area (Å²) < 4.78 is 0. The SMILES string of the molecule is NCCCN(C(=O)C1Cc2ccccc2C1)C1CCCC1. The van der Waals surface area contributed by atoms with Crippen LogP contribution in [0.4, 0.5) is 0 Å². The van der Waals surface area contributed by atoms with Crippen LogP contribution in [-0.4, -0.2) is 29.9 Å². The van der Waals surface area contributed by atoms with Crippen LogP contribution in [0.3, 0.4) is 0 Å². The van der Waals surface area contributed by atoms with Crippen molar-refractivity contribution >= 4 is 5.91 Å². The molecule has 3 heteroatoms. The van der Waals surface area contributed by atoms with Crippen LogP contribution in [0.15, 0.2) is 24.3 Å². The van der Waals surface area contributed by atoms with E-state index in [9.17, 15) is 4.79 Å². The van der Waals surface area contributed by atoms with E-state index in [0.29, 0.717) is 18.5 Å². The molecule has 114 valence electrons. The van der Waals surface area contributed by atoms with Crippen LogP contribution in [0, 0.1) is 5.92 Å². The Kier molecular flexibility index (Phi) is 4.59. The third-order valence-corrected chi connectivity index (χ3v) is 5.05. The Morgan fingerprint density at radius 1 is 1.14 bits per heavy atom. The molecular formula is C18H26N2O. The van der Waals surface area contributed by atoms with Gasteiger partial charge in [0.15, 0.2) is 0 Å². The molecule has 0 heterocycles. The number of nitrogens with two attached hydrogens (primary N) is 1. The number of fused-ring (bicyclic) bond motifs is 1. The number of benzene rings is 1. The molecule has 0 atom stereocenters. The lowest BCUT2D eigenvalue weighted by atomic mass is 10.0. The molecular weight excluding hydrogens is 260 g/mol. The largest absolute Gasteiger partial charge is 0.339 e. The number of rotatable bonds is 5. The molecule has 0 spiro atoms. The lowest BCUT2D eigenvalue weighted by molar-refractivity contribution is -0.137. The topological polar surface area (TPSA) is 46.3 Å². The molecule has 0 bridgehead atoms. The highest BCUT2D eigenvalue weighted by Crippen LogP contribution is 2.31. The molecule has 3 rings (SSSR count). The second kappa shape index (κ2) is 6.61. The maximum Gasteiger partial charge on any atom is 0.226 e. The van der Waals surface area contributed by atoms with E-state index in [1.165, 1.54) is 36.8 Å². The summed E-state index contributed by atoms with van der Waals surface area (Å²) in [6.45, 7) is 1.51. The predicted octanol–water partition coefficient (Wildman–Crippen LogP) is 2.52. The Morgan fingerprint density at radius 3 is 2.33 bits per heavy atom. The predicted molar refractivity (Wildman–Crippen MR) is 85.0 cm³/mol. The molecule has 0 unspecified atom stereocenters. The molecule has 3 nitrogen and oxygen atoms in total. The molecule has 1 aromatic rings. The van der Waals surface area contributed by atoms with Gasteiger partial charge in [0.25, 0.3) is 0 Å². The van der Waals surface area contributed by atoms with E-state index < -0.39 is 0 Å². The van der Waals surface area contributed by atoms with Crippen molar-refractivity contribution in [2.45, 2.75) is 51.0 Å². The van der Waals surface area contributed by atoms with Crippen molar-refractivity contribution in [3.05, 3.63) is 35.4 Å². The Balaban J connectivity index is 1.69. The first kappa shape index (κ1) is 14.6. The van der Waals surface area contributed by atoms with E-state index in [1.54, 1.807) is 0 Å². The van der Waals surface area contributed by atoms with Crippen molar-refractivity contribution in [3.8, 4) is 0 Å². The van der Waals surface area contributed by atoms with Crippen LogP contribution in [0.25, 0.3) is 0 Å². The number of carbonyl (C=O) groups is 1. The Labute approximate surface area is 127 Å². The Hall–Kier alpha value is -1.35. The standard InChI is InChI=1S/C18H26N2O/c19-10-5-11-20(17-8-3-4-9-17)18(21)16-12-14-6-1-2-7-15(14)13-16/h1-2,6-7,16-17H,3-5,8-13,19H2. The zero-order valence-corrected chi connectivity index (χ0v) is 12.8. The number of nitrogens with zero attached hydrogens (tertiary/aromatic N) is 1. The summed E-state index contributed by atoms with van der Waals surface area (Å²) >= 11 is 0. The van der Waals surface area contributed by atoms with Crippen LogP contribution in [-0.2, 0) is 17.6 Å². The number of hydrogen-bond donors (Lipinski definition) is 1. The third-order valence-electron chi connectivity index (χ3n) is 5.05. The van der Waals surface area contributed by atoms with Gasteiger partial charge in [-0.2, -0.15) is 0 Å². The van der Waals surface area contributed by atoms with Crippen molar-refractivity contribution < 1.29 is 4.79 Å². The summed E-state index contributed by atoms with van der Waals surface area (Å²) in [6.07, 6.45) is 7.64. The minimum Gasteiger partial charge on any atom is -0.339 e. The van der Waals surface area contributed by atoms with Crippen molar-refractivity contribution in [1.29, 1.82) is 0 Å². The van der Waals surface area contributed by atoms with Gasteiger partial charge < -0.3 is 10.6 Å². The van der Waals surface area contributed by atoms with E-state index in [1.807, 2.05) is 0 Å². The maximum atomic E-state index is 13.0. The molecule has 21 heavy (non-hydrogen) atoms. The molecule has 1 fully saturated rings. The molecule has 1 saturated carbocycles. The number of amides is 1. The highest BCUT2D eigenvalue weighted by atomic mass is 16.2. The summed E-state index contributed by atoms with van der Waals surface area (Å²) in [5, 5.41) is 0. The van der Waals surface area contributed by atoms with Crippen molar-refractivity contribution in [2.75, 3.05) is 13.1 Å². The fourth-order valence-electron chi connectivity index (χ4n) is 3.92. The smallest absolute Gasteiger partial charge is 0.226 e. The fourth-order valence-corrected chi connectivity index (χ4v) is 3.92. The highest BCUT2D eigenvalue weighted by Gasteiger charge is 2.34. The average Bonchev–Trinajstić information content (AvgIpc) is 3.16. The Bertz CT molecular complexity index is 469. The molecule has 1 aromatic carbocycles. The van der Waals surface area contributed by atoms with Gasteiger partial charge in [0, 0.05) is 18.5 Å². The first-order valence-corrected chi connectivity index (χ1v) is 8.37. The molecule has 0 radical (unpaired) electrons. The molecule has 0 aliphatic heterocycles. The van der Waals surface area contributed by atoms with E-state index >= 15 is 0 Å². The van der Waals surface area contributed by atoms with Crippen molar-refractivity contribution in [3.63, 3.8) is 0 Å². The quantitative estimate of drug-likeness (QED) is 0.904. The van der Waals surface area contributed by atoms with Crippen molar-refractivity contribution in [2.24, 2.45) is 11.7 Å². The van der Waals surface area contributed by atoms with Crippen LogP contribution in [0.5, 0.6) is 0 Å². The molecule has 0 saturated heterocycles. The first-order valence-electron chi connectivity index (χ1n) is 8.37. The summed E-state index contributed by atoms with van der Waals surface area (Å²) in [5.41, 5.74) is 8.38. The Morgan fingerprint density at radius 2 is 1.76 bits per heavy atom. The number of hydrogen-bond acceptors (Lipinski definition) is 2. The van der Waals surface area contributed by atoms with Gasteiger partial charge in [-0.1, -0.05) is 37.1 Å². The first-order chi connectivity index (χ1) is 10.3. The molecule has 2 aliphatic carbocycles. The fraction of sp³-hybridized carbons (Fsp3) is 0.611. The zero-order valence-electron chi connectivity index (χ0n) is 12.8. The second-order valence-electron chi connectivity index (χ2n) is 6.49. The van der Waals surface area contributed by atoms with E-state index in [0.717, 1.165) is 25.8 Å². The average molecular weight is 286 g/mol. The van der Waals surface area contributed by atoms with Gasteiger partial charge >= 0.3 is 0 Å². The summed E-state index contributed by atoms with van der Waals surface area (Å²) in [4.78, 5) is 15.2. The van der Waals surface area contributed by atoms with E-state index in [-0.39, 0.29) is 5.92 Å². The van der Waals surface area contributed by atoms with Crippen LogP contribution in [0.1, 0.15) is 43.2 Å². The lowest BCUT2D eigenvalue weighted by Gasteiger charge is -2.31. The minimum absolute atomic E-state index is 0.153. The molecule has 2 aliphatic rings. The lowest BCUT2D eigenvalue weighted by Crippen LogP contribution is -2.43. The molecule has 0 aromatic heterocycles. The van der Waals surface area contributed by atoms with Crippen LogP contribution in [0.2, 0.25) is 0 Å². The number of carbonyl (C=O) groups excluding carboxylic acids is 1. The van der Waals surface area contributed by atoms with Crippen LogP contribution >= 0.6 is 0 Å². The monoisotopic (exact) mass is 286 g/mol. The van der Waals surface area contributed by atoms with Crippen molar-refractivity contribution in [1.82, 2.24) is 4.90 Å². The van der Waals surface area contributed by atoms with Gasteiger partial charge in [0.1, 0.15) is 0 Å². The summed E-state index contributed by atoms with van der Waals surface area (Å²) in [5.74, 6) is 0.521. The van der Waals surface area contributed by atoms with Gasteiger partial charge in [-0.15, -0.1) is 0 Å². The van der Waals surface area contributed by atoms with E-state index in [4.69, 9.17) is 5.73 Å². The zero-order chi connectivity index (χ0) is 14.7. The molecule has 2 N–H and O–H groups in total. The third kappa shape index (κ3) is 3.13. The second-order valence-corrected chi connectivity index (χ2v) is 6.49. The van der Waals surface area contributed by atoms with Crippen LogP contribution < -0.4 is 5.73 Å². The van der Waals surface area contributed by atoms with Gasteiger partial charge in [-0.05, 0) is 49.8 Å². The highest BCUT2D eigenvalue weighted by molar-refractivity contribution is 5.80. The summed E-state index contributed by atoms with van der Waals surface area (Å²) in [7, 11) is 0. The van der Waals surface area contributed by atoms with E-state index in [2.05, 4.69) is 29.2 Å². The van der Waals surface area contributed by atoms with Gasteiger partial charge in [-0.3, -0.25) is 4.79 Å². The molecule has 1 amide bonds. The maximum absolute atomic E-state index is 13.0.